The summed E-state index contributed by atoms with van der Waals surface area (Å²) in [6.45, 7) is 6.19. The van der Waals surface area contributed by atoms with Gasteiger partial charge in [-0.05, 0) is 32.3 Å². The summed E-state index contributed by atoms with van der Waals surface area (Å²) in [4.78, 5) is 12.1. The molecule has 1 aromatic rings. The monoisotopic (exact) mass is 244 g/mol. The Labute approximate surface area is 111 Å². The van der Waals surface area contributed by atoms with Gasteiger partial charge in [0.1, 0.15) is 5.78 Å². The first-order valence-corrected chi connectivity index (χ1v) is 6.88. The predicted molar refractivity (Wildman–Crippen MR) is 77.7 cm³/mol. The third-order valence-corrected chi connectivity index (χ3v) is 3.19. The van der Waals surface area contributed by atoms with Crippen molar-refractivity contribution in [2.45, 2.75) is 46.5 Å². The van der Waals surface area contributed by atoms with Gasteiger partial charge in [-0.15, -0.1) is 0 Å². The molecule has 0 aliphatic carbocycles. The van der Waals surface area contributed by atoms with Gasteiger partial charge in [-0.1, -0.05) is 55.3 Å². The number of benzene rings is 1. The van der Waals surface area contributed by atoms with Crippen LogP contribution in [0.15, 0.2) is 36.4 Å². The molecule has 0 saturated carbocycles. The van der Waals surface area contributed by atoms with Crippen molar-refractivity contribution in [3.63, 3.8) is 0 Å². The average Bonchev–Trinajstić information content (AvgIpc) is 2.38. The fourth-order valence-electron chi connectivity index (χ4n) is 2.04. The quantitative estimate of drug-likeness (QED) is 0.646. The molecule has 0 saturated heterocycles. The molecular weight excluding hydrogens is 220 g/mol. The Hall–Kier alpha value is -1.37. The first kappa shape index (κ1) is 14.7. The molecule has 1 unspecified atom stereocenters. The van der Waals surface area contributed by atoms with Gasteiger partial charge in [0.25, 0.3) is 0 Å². The third-order valence-electron chi connectivity index (χ3n) is 3.19. The molecule has 0 bridgehead atoms. The fourth-order valence-corrected chi connectivity index (χ4v) is 2.04. The smallest absolute Gasteiger partial charge is 0.140 e. The van der Waals surface area contributed by atoms with E-state index in [0.717, 1.165) is 19.3 Å². The van der Waals surface area contributed by atoms with E-state index in [1.165, 1.54) is 11.1 Å². The van der Waals surface area contributed by atoms with Gasteiger partial charge in [-0.25, -0.2) is 0 Å². The van der Waals surface area contributed by atoms with Crippen molar-refractivity contribution in [3.05, 3.63) is 47.5 Å². The summed E-state index contributed by atoms with van der Waals surface area (Å²) >= 11 is 0. The molecule has 0 aliphatic rings. The Bertz CT molecular complexity index is 387. The highest BCUT2D eigenvalue weighted by molar-refractivity contribution is 5.82. The second kappa shape index (κ2) is 7.86. The van der Waals surface area contributed by atoms with E-state index in [1.807, 2.05) is 19.1 Å². The van der Waals surface area contributed by atoms with Crippen LogP contribution in [0.25, 0.3) is 0 Å². The van der Waals surface area contributed by atoms with Gasteiger partial charge in [0.2, 0.25) is 0 Å². The zero-order valence-corrected chi connectivity index (χ0v) is 11.8. The molecule has 0 fully saturated rings. The molecule has 0 amide bonds. The molecule has 98 valence electrons. The molecule has 18 heavy (non-hydrogen) atoms. The van der Waals surface area contributed by atoms with E-state index in [0.29, 0.717) is 12.2 Å². The Morgan fingerprint density at radius 2 is 1.94 bits per heavy atom. The zero-order valence-electron chi connectivity index (χ0n) is 11.8. The highest BCUT2D eigenvalue weighted by atomic mass is 16.1. The molecule has 1 rings (SSSR count). The molecule has 1 atom stereocenters. The van der Waals surface area contributed by atoms with Gasteiger partial charge in [-0.3, -0.25) is 4.79 Å². The number of unbranched alkanes of at least 4 members (excludes halogenated alkanes) is 1. The van der Waals surface area contributed by atoms with Crippen molar-refractivity contribution in [1.82, 2.24) is 0 Å². The molecule has 0 N–H and O–H groups in total. The van der Waals surface area contributed by atoms with E-state index >= 15 is 0 Å². The second-order valence-corrected chi connectivity index (χ2v) is 4.89. The number of Topliss-reactive ketones (excluding diaryl/α,β-unsaturated/α-hetero) is 1. The van der Waals surface area contributed by atoms with Gasteiger partial charge in [0.05, 0.1) is 0 Å². The van der Waals surface area contributed by atoms with Crippen LogP contribution in [0.5, 0.6) is 0 Å². The zero-order chi connectivity index (χ0) is 13.4. The minimum Gasteiger partial charge on any atom is -0.299 e. The van der Waals surface area contributed by atoms with Crippen molar-refractivity contribution < 1.29 is 4.79 Å². The van der Waals surface area contributed by atoms with Gasteiger partial charge in [0, 0.05) is 12.3 Å². The van der Waals surface area contributed by atoms with Crippen LogP contribution in [0.4, 0.5) is 0 Å². The third kappa shape index (κ3) is 4.87. The van der Waals surface area contributed by atoms with E-state index in [9.17, 15) is 4.79 Å². The molecule has 0 spiro atoms. The van der Waals surface area contributed by atoms with Gasteiger partial charge < -0.3 is 0 Å². The van der Waals surface area contributed by atoms with Crippen LogP contribution in [-0.4, -0.2) is 5.78 Å². The van der Waals surface area contributed by atoms with Crippen molar-refractivity contribution in [1.29, 1.82) is 0 Å². The molecule has 0 heterocycles. The highest BCUT2D eigenvalue weighted by Gasteiger charge is 2.14. The summed E-state index contributed by atoms with van der Waals surface area (Å²) in [6.07, 6.45) is 7.64. The summed E-state index contributed by atoms with van der Waals surface area (Å²) in [7, 11) is 0. The van der Waals surface area contributed by atoms with Crippen LogP contribution in [-0.2, 0) is 11.2 Å². The van der Waals surface area contributed by atoms with Crippen LogP contribution in [0, 0.1) is 12.8 Å². The van der Waals surface area contributed by atoms with Crippen LogP contribution >= 0.6 is 0 Å². The van der Waals surface area contributed by atoms with Crippen LogP contribution in [0.1, 0.15) is 44.2 Å². The summed E-state index contributed by atoms with van der Waals surface area (Å²) in [5.41, 5.74) is 2.51. The largest absolute Gasteiger partial charge is 0.299 e. The lowest BCUT2D eigenvalue weighted by molar-refractivity contribution is -0.121. The molecular formula is C17H24O. The number of aryl methyl sites for hydroxylation is 1. The molecule has 1 heteroatoms. The van der Waals surface area contributed by atoms with Crippen LogP contribution < -0.4 is 0 Å². The van der Waals surface area contributed by atoms with Gasteiger partial charge in [-0.2, -0.15) is 0 Å². The Balaban J connectivity index is 2.67. The molecule has 0 aromatic heterocycles. The molecule has 0 radical (unpaired) electrons. The number of allylic oxidation sites excluding steroid dienone is 2. The minimum atomic E-state index is 0.0456. The lowest BCUT2D eigenvalue weighted by Gasteiger charge is -2.12. The maximum Gasteiger partial charge on any atom is 0.140 e. The molecule has 0 aliphatic heterocycles. The second-order valence-electron chi connectivity index (χ2n) is 4.89. The summed E-state index contributed by atoms with van der Waals surface area (Å²) < 4.78 is 0. The van der Waals surface area contributed by atoms with Crippen molar-refractivity contribution in [3.8, 4) is 0 Å². The van der Waals surface area contributed by atoms with Crippen LogP contribution in [0.2, 0.25) is 0 Å². The van der Waals surface area contributed by atoms with E-state index in [2.05, 4.69) is 38.1 Å². The predicted octanol–water partition coefficient (Wildman–Crippen LogP) is 4.49. The number of hydrogen-bond acceptors (Lipinski definition) is 1. The Morgan fingerprint density at radius 3 is 2.50 bits per heavy atom. The lowest BCUT2D eigenvalue weighted by Crippen LogP contribution is -2.14. The van der Waals surface area contributed by atoms with Crippen molar-refractivity contribution >= 4 is 5.78 Å². The maximum absolute atomic E-state index is 12.1. The summed E-state index contributed by atoms with van der Waals surface area (Å²) in [5.74, 6) is 0.416. The summed E-state index contributed by atoms with van der Waals surface area (Å²) in [5, 5.41) is 0. The Morgan fingerprint density at radius 1 is 1.28 bits per heavy atom. The minimum absolute atomic E-state index is 0.0456. The van der Waals surface area contributed by atoms with E-state index in [1.54, 1.807) is 0 Å². The number of rotatable bonds is 7. The highest BCUT2D eigenvalue weighted by Crippen LogP contribution is 2.15. The fraction of sp³-hybridized carbons (Fsp3) is 0.471. The van der Waals surface area contributed by atoms with E-state index in [-0.39, 0.29) is 5.92 Å². The van der Waals surface area contributed by atoms with E-state index in [4.69, 9.17) is 0 Å². The normalized spacial score (nSPS) is 12.8. The number of carbonyl (C=O) groups is 1. The average molecular weight is 244 g/mol. The first-order valence-electron chi connectivity index (χ1n) is 6.88. The summed E-state index contributed by atoms with van der Waals surface area (Å²) in [6, 6.07) is 8.47. The Kier molecular flexibility index (Phi) is 6.42. The number of hydrogen-bond donors (Lipinski definition) is 0. The standard InChI is InChI=1S/C17H24O/c1-4-6-8-17(18)16(7-5-2)13-15-11-9-14(3)10-12-15/h5,7,9-12,16H,4,6,8,13H2,1-3H3. The SMILES string of the molecule is CC=CC(Cc1ccc(C)cc1)C(=O)CCCC. The topological polar surface area (TPSA) is 17.1 Å². The van der Waals surface area contributed by atoms with Crippen molar-refractivity contribution in [2.75, 3.05) is 0 Å². The lowest BCUT2D eigenvalue weighted by atomic mass is 9.92. The molecule has 1 nitrogen and oxygen atoms in total. The van der Waals surface area contributed by atoms with Crippen molar-refractivity contribution in [2.24, 2.45) is 5.92 Å². The van der Waals surface area contributed by atoms with Crippen LogP contribution in [0.3, 0.4) is 0 Å². The van der Waals surface area contributed by atoms with Gasteiger partial charge in [0.15, 0.2) is 0 Å². The van der Waals surface area contributed by atoms with E-state index < -0.39 is 0 Å². The first-order chi connectivity index (χ1) is 8.67. The number of ketones is 1. The van der Waals surface area contributed by atoms with Gasteiger partial charge >= 0.3 is 0 Å². The maximum atomic E-state index is 12.1. The molecule has 1 aromatic carbocycles. The number of carbonyl (C=O) groups excluding carboxylic acids is 1.